The molecule has 0 unspecified atom stereocenters. The molecule has 0 saturated heterocycles. The van der Waals surface area contributed by atoms with Gasteiger partial charge in [0.05, 0.1) is 6.61 Å². The first-order chi connectivity index (χ1) is 5.60. The van der Waals surface area contributed by atoms with Crippen LogP contribution in [0.3, 0.4) is 0 Å². The summed E-state index contributed by atoms with van der Waals surface area (Å²) in [7, 11) is 0. The Hall–Kier alpha value is -0.610. The summed E-state index contributed by atoms with van der Waals surface area (Å²) in [5.41, 5.74) is 0. The highest BCUT2D eigenvalue weighted by Crippen LogP contribution is 1.69. The molecule has 0 aliphatic carbocycles. The third-order valence-corrected chi connectivity index (χ3v) is 0.348. The van der Waals surface area contributed by atoms with Crippen molar-refractivity contribution in [2.24, 2.45) is 0 Å². The molecule has 0 aromatic heterocycles. The zero-order chi connectivity index (χ0) is 10.4. The monoisotopic (exact) mass is 180 g/mol. The van der Waals surface area contributed by atoms with Crippen LogP contribution < -0.4 is 0 Å². The van der Waals surface area contributed by atoms with Crippen LogP contribution in [0.5, 0.6) is 0 Å². The smallest absolute Gasteiger partial charge is 0.302 e. The number of ether oxygens (including phenoxy) is 1. The second kappa shape index (κ2) is 22.4. The maximum absolute atomic E-state index is 9.82. The maximum Gasteiger partial charge on any atom is 0.302 e. The van der Waals surface area contributed by atoms with E-state index >= 15 is 0 Å². The standard InChI is InChI=1S/C4H8O2.2C2H6O/c1-3-6-4(2)5;2*1-2-3/h3H2,1-2H3;2*3H,2H2,1H3. The SMILES string of the molecule is CCO.CCO.CCOC(C)=O. The lowest BCUT2D eigenvalue weighted by atomic mass is 10.8. The minimum atomic E-state index is -0.211. The summed E-state index contributed by atoms with van der Waals surface area (Å²) >= 11 is 0. The third-order valence-electron chi connectivity index (χ3n) is 0.348. The van der Waals surface area contributed by atoms with Gasteiger partial charge in [-0.15, -0.1) is 0 Å². The van der Waals surface area contributed by atoms with Crippen LogP contribution in [0, 0.1) is 0 Å². The van der Waals surface area contributed by atoms with Crippen molar-refractivity contribution >= 4 is 5.97 Å². The van der Waals surface area contributed by atoms with E-state index in [9.17, 15) is 4.79 Å². The topological polar surface area (TPSA) is 66.8 Å². The van der Waals surface area contributed by atoms with Crippen molar-refractivity contribution in [3.63, 3.8) is 0 Å². The minimum Gasteiger partial charge on any atom is -0.466 e. The molecule has 4 heteroatoms. The summed E-state index contributed by atoms with van der Waals surface area (Å²) in [5, 5.41) is 15.1. The first-order valence-corrected chi connectivity index (χ1v) is 3.95. The predicted molar refractivity (Wildman–Crippen MR) is 47.8 cm³/mol. The Morgan fingerprint density at radius 3 is 1.42 bits per heavy atom. The van der Waals surface area contributed by atoms with E-state index in [1.165, 1.54) is 6.92 Å². The molecular formula is C8H20O4. The number of esters is 1. The first kappa shape index (κ1) is 17.5. The number of carbonyl (C=O) groups excluding carboxylic acids is 1. The van der Waals surface area contributed by atoms with E-state index in [1.54, 1.807) is 20.8 Å². The van der Waals surface area contributed by atoms with Crippen molar-refractivity contribution < 1.29 is 19.7 Å². The molecule has 0 aliphatic heterocycles. The highest BCUT2D eigenvalue weighted by atomic mass is 16.5. The fraction of sp³-hybridized carbons (Fsp3) is 0.875. The van der Waals surface area contributed by atoms with Gasteiger partial charge in [-0.2, -0.15) is 0 Å². The number of carbonyl (C=O) groups is 1. The molecule has 0 atom stereocenters. The molecule has 0 aromatic rings. The van der Waals surface area contributed by atoms with E-state index in [0.29, 0.717) is 6.61 Å². The molecule has 0 heterocycles. The van der Waals surface area contributed by atoms with Gasteiger partial charge in [0.15, 0.2) is 0 Å². The van der Waals surface area contributed by atoms with Gasteiger partial charge in [-0.3, -0.25) is 4.79 Å². The number of hydrogen-bond acceptors (Lipinski definition) is 4. The quantitative estimate of drug-likeness (QED) is 0.579. The number of aliphatic hydroxyl groups is 2. The van der Waals surface area contributed by atoms with Crippen LogP contribution in [0.4, 0.5) is 0 Å². The number of aliphatic hydroxyl groups excluding tert-OH is 2. The summed E-state index contributed by atoms with van der Waals surface area (Å²) in [6.07, 6.45) is 0. The highest BCUT2D eigenvalue weighted by molar-refractivity contribution is 5.65. The minimum absolute atomic E-state index is 0.211. The van der Waals surface area contributed by atoms with Crippen LogP contribution in [0.25, 0.3) is 0 Å². The average Bonchev–Trinajstić information content (AvgIpc) is 1.89. The van der Waals surface area contributed by atoms with E-state index in [4.69, 9.17) is 10.2 Å². The molecule has 0 aliphatic rings. The summed E-state index contributed by atoms with van der Waals surface area (Å²) in [5.74, 6) is -0.211. The zero-order valence-electron chi connectivity index (χ0n) is 8.33. The van der Waals surface area contributed by atoms with Crippen molar-refractivity contribution in [2.45, 2.75) is 27.7 Å². The Morgan fingerprint density at radius 2 is 1.42 bits per heavy atom. The lowest BCUT2D eigenvalue weighted by molar-refractivity contribution is -0.140. The lowest BCUT2D eigenvalue weighted by Gasteiger charge is -1.89. The zero-order valence-corrected chi connectivity index (χ0v) is 8.33. The van der Waals surface area contributed by atoms with Gasteiger partial charge in [0.1, 0.15) is 0 Å². The van der Waals surface area contributed by atoms with Crippen molar-refractivity contribution in [3.8, 4) is 0 Å². The van der Waals surface area contributed by atoms with Gasteiger partial charge < -0.3 is 14.9 Å². The van der Waals surface area contributed by atoms with Crippen LogP contribution in [-0.2, 0) is 9.53 Å². The third kappa shape index (κ3) is 116. The second-order valence-corrected chi connectivity index (χ2v) is 1.56. The van der Waals surface area contributed by atoms with Gasteiger partial charge in [-0.05, 0) is 20.8 Å². The Bertz CT molecular complexity index is 71.5. The van der Waals surface area contributed by atoms with Crippen LogP contribution in [-0.4, -0.2) is 36.0 Å². The van der Waals surface area contributed by atoms with Crippen LogP contribution in [0.1, 0.15) is 27.7 Å². The molecule has 0 aromatic carbocycles. The highest BCUT2D eigenvalue weighted by Gasteiger charge is 1.81. The van der Waals surface area contributed by atoms with E-state index in [1.807, 2.05) is 0 Å². The molecule has 12 heavy (non-hydrogen) atoms. The van der Waals surface area contributed by atoms with Crippen molar-refractivity contribution in [2.75, 3.05) is 19.8 Å². The van der Waals surface area contributed by atoms with Gasteiger partial charge in [-0.25, -0.2) is 0 Å². The van der Waals surface area contributed by atoms with Crippen molar-refractivity contribution in [1.29, 1.82) is 0 Å². The Morgan fingerprint density at radius 1 is 1.17 bits per heavy atom. The molecule has 0 radical (unpaired) electrons. The van der Waals surface area contributed by atoms with Crippen LogP contribution >= 0.6 is 0 Å². The van der Waals surface area contributed by atoms with Gasteiger partial charge in [0.25, 0.3) is 0 Å². The van der Waals surface area contributed by atoms with Gasteiger partial charge in [-0.1, -0.05) is 0 Å². The Balaban J connectivity index is -0.000000115. The molecule has 0 amide bonds. The normalized spacial score (nSPS) is 6.83. The van der Waals surface area contributed by atoms with Crippen LogP contribution in [0.2, 0.25) is 0 Å². The Labute approximate surface area is 74.2 Å². The molecule has 2 N–H and O–H groups in total. The summed E-state index contributed by atoms with van der Waals surface area (Å²) in [4.78, 5) is 9.82. The molecule has 0 spiro atoms. The van der Waals surface area contributed by atoms with Gasteiger partial charge in [0.2, 0.25) is 0 Å². The van der Waals surface area contributed by atoms with E-state index in [-0.39, 0.29) is 19.2 Å². The predicted octanol–water partition coefficient (Wildman–Crippen LogP) is 0.567. The number of rotatable bonds is 1. The summed E-state index contributed by atoms with van der Waals surface area (Å²) in [6.45, 7) is 7.51. The lowest BCUT2D eigenvalue weighted by Crippen LogP contribution is -1.95. The van der Waals surface area contributed by atoms with E-state index < -0.39 is 0 Å². The molecule has 76 valence electrons. The second-order valence-electron chi connectivity index (χ2n) is 1.56. The maximum atomic E-state index is 9.82. The van der Waals surface area contributed by atoms with Crippen molar-refractivity contribution in [3.05, 3.63) is 0 Å². The van der Waals surface area contributed by atoms with E-state index in [0.717, 1.165) is 0 Å². The molecule has 0 bridgehead atoms. The van der Waals surface area contributed by atoms with Crippen LogP contribution in [0.15, 0.2) is 0 Å². The molecular weight excluding hydrogens is 160 g/mol. The largest absolute Gasteiger partial charge is 0.466 e. The summed E-state index contributed by atoms with van der Waals surface area (Å²) < 4.78 is 4.40. The number of hydrogen-bond donors (Lipinski definition) is 2. The van der Waals surface area contributed by atoms with Crippen molar-refractivity contribution in [1.82, 2.24) is 0 Å². The fourth-order valence-corrected chi connectivity index (χ4v) is 0.203. The molecule has 0 rings (SSSR count). The fourth-order valence-electron chi connectivity index (χ4n) is 0.203. The molecule has 0 fully saturated rings. The Kier molecular flexibility index (Phi) is 32.7. The van der Waals surface area contributed by atoms with Gasteiger partial charge in [0, 0.05) is 20.1 Å². The average molecular weight is 180 g/mol. The summed E-state index contributed by atoms with van der Waals surface area (Å²) in [6, 6.07) is 0. The molecule has 4 nitrogen and oxygen atoms in total. The van der Waals surface area contributed by atoms with E-state index in [2.05, 4.69) is 4.74 Å². The first-order valence-electron chi connectivity index (χ1n) is 3.95. The molecule has 0 saturated carbocycles. The van der Waals surface area contributed by atoms with Gasteiger partial charge >= 0.3 is 5.97 Å².